The summed E-state index contributed by atoms with van der Waals surface area (Å²) in [5.74, 6) is 0.491. The first-order valence-corrected chi connectivity index (χ1v) is 7.09. The predicted octanol–water partition coefficient (Wildman–Crippen LogP) is 2.97. The van der Waals surface area contributed by atoms with Gasteiger partial charge in [0.1, 0.15) is 5.82 Å². The van der Waals surface area contributed by atoms with Crippen LogP contribution in [0, 0.1) is 11.7 Å². The zero-order chi connectivity index (χ0) is 13.3. The summed E-state index contributed by atoms with van der Waals surface area (Å²) in [4.78, 5) is 4.73. The maximum atomic E-state index is 13.0. The fourth-order valence-corrected chi connectivity index (χ4v) is 3.22. The molecule has 0 bridgehead atoms. The van der Waals surface area contributed by atoms with Crippen molar-refractivity contribution in [1.29, 1.82) is 0 Å². The van der Waals surface area contributed by atoms with Crippen LogP contribution in [0.1, 0.15) is 12.5 Å². The molecule has 0 radical (unpaired) electrons. The molecule has 1 aromatic carbocycles. The van der Waals surface area contributed by atoms with Gasteiger partial charge in [-0.25, -0.2) is 4.39 Å². The van der Waals surface area contributed by atoms with Crippen LogP contribution >= 0.6 is 15.9 Å². The second kappa shape index (κ2) is 5.68. The minimum absolute atomic E-state index is 0.188. The van der Waals surface area contributed by atoms with E-state index in [1.54, 1.807) is 0 Å². The zero-order valence-electron chi connectivity index (χ0n) is 11.2. The van der Waals surface area contributed by atoms with Crippen LogP contribution in [0.15, 0.2) is 22.7 Å². The number of likely N-dealkylation sites (tertiary alicyclic amines) is 1. The van der Waals surface area contributed by atoms with E-state index in [2.05, 4.69) is 46.7 Å². The number of rotatable bonds is 3. The van der Waals surface area contributed by atoms with Gasteiger partial charge in [0.25, 0.3) is 0 Å². The molecule has 0 saturated carbocycles. The highest BCUT2D eigenvalue weighted by atomic mass is 79.9. The second-order valence-corrected chi connectivity index (χ2v) is 6.29. The SMILES string of the molecule is CC1CN(Cc2ccc(F)cc2Br)CC1N(C)C. The Bertz CT molecular complexity index is 422. The number of likely N-dealkylation sites (N-methyl/N-ethyl adjacent to an activating group) is 1. The van der Waals surface area contributed by atoms with Crippen LogP contribution in [-0.2, 0) is 6.54 Å². The van der Waals surface area contributed by atoms with Gasteiger partial charge in [-0.05, 0) is 37.7 Å². The van der Waals surface area contributed by atoms with Crippen molar-refractivity contribution in [3.05, 3.63) is 34.1 Å². The minimum Gasteiger partial charge on any atom is -0.305 e. The van der Waals surface area contributed by atoms with Crippen LogP contribution < -0.4 is 0 Å². The fraction of sp³-hybridized carbons (Fsp3) is 0.571. The Morgan fingerprint density at radius 2 is 2.11 bits per heavy atom. The number of benzene rings is 1. The average molecular weight is 315 g/mol. The quantitative estimate of drug-likeness (QED) is 0.846. The lowest BCUT2D eigenvalue weighted by molar-refractivity contribution is 0.250. The van der Waals surface area contributed by atoms with E-state index in [9.17, 15) is 4.39 Å². The fourth-order valence-electron chi connectivity index (χ4n) is 2.74. The smallest absolute Gasteiger partial charge is 0.124 e. The van der Waals surface area contributed by atoms with Crippen molar-refractivity contribution in [3.63, 3.8) is 0 Å². The van der Waals surface area contributed by atoms with Crippen LogP contribution in [0.3, 0.4) is 0 Å². The lowest BCUT2D eigenvalue weighted by Crippen LogP contribution is -2.34. The highest BCUT2D eigenvalue weighted by Crippen LogP contribution is 2.25. The van der Waals surface area contributed by atoms with Gasteiger partial charge in [-0.15, -0.1) is 0 Å². The summed E-state index contributed by atoms with van der Waals surface area (Å²) in [6.07, 6.45) is 0. The minimum atomic E-state index is -0.188. The standard InChI is InChI=1S/C14H20BrFN2/c1-10-7-18(9-14(10)17(2)3)8-11-4-5-12(16)6-13(11)15/h4-6,10,14H,7-9H2,1-3H3. The predicted molar refractivity (Wildman–Crippen MR) is 76.0 cm³/mol. The molecule has 2 unspecified atom stereocenters. The third-order valence-electron chi connectivity index (χ3n) is 3.72. The molecule has 18 heavy (non-hydrogen) atoms. The normalized spacial score (nSPS) is 25.0. The Labute approximate surface area is 117 Å². The maximum Gasteiger partial charge on any atom is 0.124 e. The van der Waals surface area contributed by atoms with E-state index in [1.165, 1.54) is 12.1 Å². The van der Waals surface area contributed by atoms with Gasteiger partial charge in [0.2, 0.25) is 0 Å². The first-order chi connectivity index (χ1) is 8.47. The highest BCUT2D eigenvalue weighted by molar-refractivity contribution is 9.10. The van der Waals surface area contributed by atoms with E-state index in [-0.39, 0.29) is 5.82 Å². The second-order valence-electron chi connectivity index (χ2n) is 5.44. The van der Waals surface area contributed by atoms with Crippen molar-refractivity contribution in [3.8, 4) is 0 Å². The third-order valence-corrected chi connectivity index (χ3v) is 4.46. The number of hydrogen-bond acceptors (Lipinski definition) is 2. The first kappa shape index (κ1) is 14.0. The van der Waals surface area contributed by atoms with Gasteiger partial charge >= 0.3 is 0 Å². The molecular weight excluding hydrogens is 295 g/mol. The Hall–Kier alpha value is -0.450. The van der Waals surface area contributed by atoms with Crippen molar-refractivity contribution in [2.75, 3.05) is 27.2 Å². The molecular formula is C14H20BrFN2. The van der Waals surface area contributed by atoms with Crippen LogP contribution in [-0.4, -0.2) is 43.0 Å². The van der Waals surface area contributed by atoms with E-state index in [1.807, 2.05) is 6.07 Å². The number of hydrogen-bond donors (Lipinski definition) is 0. The van der Waals surface area contributed by atoms with Crippen molar-refractivity contribution < 1.29 is 4.39 Å². The van der Waals surface area contributed by atoms with E-state index in [4.69, 9.17) is 0 Å². The summed E-state index contributed by atoms with van der Waals surface area (Å²) in [7, 11) is 4.27. The Morgan fingerprint density at radius 3 is 2.67 bits per heavy atom. The van der Waals surface area contributed by atoms with E-state index in [0.717, 1.165) is 29.7 Å². The number of halogens is 2. The molecule has 100 valence electrons. The molecule has 0 amide bonds. The maximum absolute atomic E-state index is 13.0. The Kier molecular flexibility index (Phi) is 4.41. The van der Waals surface area contributed by atoms with Crippen LogP contribution in [0.4, 0.5) is 4.39 Å². The molecule has 1 saturated heterocycles. The zero-order valence-corrected chi connectivity index (χ0v) is 12.7. The van der Waals surface area contributed by atoms with Gasteiger partial charge in [0.05, 0.1) is 0 Å². The summed E-state index contributed by atoms with van der Waals surface area (Å²) < 4.78 is 13.9. The topological polar surface area (TPSA) is 6.48 Å². The van der Waals surface area contributed by atoms with Gasteiger partial charge in [-0.3, -0.25) is 4.90 Å². The van der Waals surface area contributed by atoms with Gasteiger partial charge in [0.15, 0.2) is 0 Å². The third kappa shape index (κ3) is 3.11. The molecule has 0 aromatic heterocycles. The summed E-state index contributed by atoms with van der Waals surface area (Å²) in [5.41, 5.74) is 1.16. The monoisotopic (exact) mass is 314 g/mol. The Morgan fingerprint density at radius 1 is 1.39 bits per heavy atom. The van der Waals surface area contributed by atoms with Crippen molar-refractivity contribution in [2.45, 2.75) is 19.5 Å². The molecule has 1 aromatic rings. The molecule has 2 nitrogen and oxygen atoms in total. The van der Waals surface area contributed by atoms with Crippen LogP contribution in [0.25, 0.3) is 0 Å². The molecule has 4 heteroatoms. The molecule has 0 spiro atoms. The molecule has 1 heterocycles. The van der Waals surface area contributed by atoms with Crippen molar-refractivity contribution in [2.24, 2.45) is 5.92 Å². The molecule has 1 fully saturated rings. The molecule has 0 N–H and O–H groups in total. The summed E-state index contributed by atoms with van der Waals surface area (Å²) in [5, 5.41) is 0. The molecule has 1 aliphatic heterocycles. The first-order valence-electron chi connectivity index (χ1n) is 6.30. The largest absolute Gasteiger partial charge is 0.305 e. The molecule has 1 aliphatic rings. The average Bonchev–Trinajstić information content (AvgIpc) is 2.64. The molecule has 0 aliphatic carbocycles. The van der Waals surface area contributed by atoms with Crippen molar-refractivity contribution >= 4 is 15.9 Å². The molecule has 2 rings (SSSR count). The van der Waals surface area contributed by atoms with Gasteiger partial charge in [0, 0.05) is 30.1 Å². The highest BCUT2D eigenvalue weighted by Gasteiger charge is 2.30. The van der Waals surface area contributed by atoms with Crippen molar-refractivity contribution in [1.82, 2.24) is 9.80 Å². The summed E-state index contributed by atoms with van der Waals surface area (Å²) in [6, 6.07) is 5.55. The van der Waals surface area contributed by atoms with Gasteiger partial charge in [-0.1, -0.05) is 28.9 Å². The summed E-state index contributed by atoms with van der Waals surface area (Å²) in [6.45, 7) is 5.37. The summed E-state index contributed by atoms with van der Waals surface area (Å²) >= 11 is 3.44. The molecule has 2 atom stereocenters. The lowest BCUT2D eigenvalue weighted by atomic mass is 10.1. The van der Waals surface area contributed by atoms with Gasteiger partial charge < -0.3 is 4.90 Å². The van der Waals surface area contributed by atoms with Crippen LogP contribution in [0.5, 0.6) is 0 Å². The Balaban J connectivity index is 2.03. The van der Waals surface area contributed by atoms with Crippen LogP contribution in [0.2, 0.25) is 0 Å². The van der Waals surface area contributed by atoms with E-state index >= 15 is 0 Å². The van der Waals surface area contributed by atoms with E-state index < -0.39 is 0 Å². The van der Waals surface area contributed by atoms with E-state index in [0.29, 0.717) is 12.0 Å². The number of nitrogens with zero attached hydrogens (tertiary/aromatic N) is 2. The van der Waals surface area contributed by atoms with Gasteiger partial charge in [-0.2, -0.15) is 0 Å². The lowest BCUT2D eigenvalue weighted by Gasteiger charge is -2.22.